The zero-order chi connectivity index (χ0) is 9.14. The molecule has 0 spiro atoms. The normalized spacial score (nSPS) is 10.3. The van der Waals surface area contributed by atoms with E-state index in [9.17, 15) is 4.39 Å². The quantitative estimate of drug-likeness (QED) is 0.640. The third-order valence-electron chi connectivity index (χ3n) is 1.58. The second-order valence-electron chi connectivity index (χ2n) is 2.62. The van der Waals surface area contributed by atoms with Crippen molar-refractivity contribution in [1.29, 1.82) is 0 Å². The Morgan fingerprint density at radius 1 is 1.25 bits per heavy atom. The molecule has 0 N–H and O–H groups in total. The number of halogens is 3. The van der Waals surface area contributed by atoms with Gasteiger partial charge in [-0.1, -0.05) is 36.5 Å². The maximum absolute atomic E-state index is 12.9. The molecule has 0 amide bonds. The van der Waals surface area contributed by atoms with Crippen LogP contribution >= 0.6 is 23.2 Å². The molecule has 1 aromatic rings. The Labute approximate surface area is 81.3 Å². The summed E-state index contributed by atoms with van der Waals surface area (Å²) in [6.45, 7) is 2.05. The van der Waals surface area contributed by atoms with E-state index in [1.54, 1.807) is 12.1 Å². The monoisotopic (exact) mass is 206 g/mol. The summed E-state index contributed by atoms with van der Waals surface area (Å²) >= 11 is 11.2. The fourth-order valence-electron chi connectivity index (χ4n) is 1.04. The Hall–Kier alpha value is -0.270. The van der Waals surface area contributed by atoms with E-state index in [2.05, 4.69) is 0 Å². The Kier molecular flexibility index (Phi) is 3.36. The lowest BCUT2D eigenvalue weighted by molar-refractivity contribution is 0.627. The van der Waals surface area contributed by atoms with Crippen LogP contribution in [0.1, 0.15) is 18.9 Å². The number of rotatable bonds is 2. The van der Waals surface area contributed by atoms with Crippen molar-refractivity contribution in [2.24, 2.45) is 0 Å². The molecule has 0 aliphatic rings. The van der Waals surface area contributed by atoms with Crippen molar-refractivity contribution in [2.75, 3.05) is 0 Å². The molecule has 0 aromatic heterocycles. The average molecular weight is 207 g/mol. The van der Waals surface area contributed by atoms with Crippen molar-refractivity contribution in [2.45, 2.75) is 19.8 Å². The van der Waals surface area contributed by atoms with Crippen molar-refractivity contribution in [3.05, 3.63) is 33.6 Å². The molecule has 0 bridgehead atoms. The van der Waals surface area contributed by atoms with E-state index in [1.165, 1.54) is 0 Å². The molecule has 66 valence electrons. The second-order valence-corrected chi connectivity index (χ2v) is 3.44. The van der Waals surface area contributed by atoms with Crippen molar-refractivity contribution >= 4 is 23.2 Å². The van der Waals surface area contributed by atoms with Crippen molar-refractivity contribution in [3.8, 4) is 0 Å². The van der Waals surface area contributed by atoms with Crippen LogP contribution in [0.3, 0.4) is 0 Å². The van der Waals surface area contributed by atoms with Crippen LogP contribution in [0.15, 0.2) is 12.1 Å². The van der Waals surface area contributed by atoms with Gasteiger partial charge in [0.25, 0.3) is 0 Å². The van der Waals surface area contributed by atoms with Crippen LogP contribution in [-0.4, -0.2) is 0 Å². The van der Waals surface area contributed by atoms with Gasteiger partial charge < -0.3 is 0 Å². The summed E-state index contributed by atoms with van der Waals surface area (Å²) < 4.78 is 12.9. The van der Waals surface area contributed by atoms with Crippen LogP contribution in [0.25, 0.3) is 0 Å². The Morgan fingerprint density at radius 2 is 1.75 bits per heavy atom. The lowest BCUT2D eigenvalue weighted by Crippen LogP contribution is -1.86. The van der Waals surface area contributed by atoms with E-state index in [-0.39, 0.29) is 10.0 Å². The van der Waals surface area contributed by atoms with Gasteiger partial charge in [0.15, 0.2) is 5.82 Å². The molecule has 0 nitrogen and oxygen atoms in total. The SMILES string of the molecule is CCCc1cc(Cl)c(F)c(Cl)c1. The molecule has 3 heteroatoms. The minimum atomic E-state index is -0.529. The first kappa shape index (κ1) is 9.82. The molecule has 12 heavy (non-hydrogen) atoms. The van der Waals surface area contributed by atoms with Gasteiger partial charge in [0.1, 0.15) is 0 Å². The Balaban J connectivity index is 3.04. The molecule has 1 rings (SSSR count). The summed E-state index contributed by atoms with van der Waals surface area (Å²) in [4.78, 5) is 0. The van der Waals surface area contributed by atoms with Crippen molar-refractivity contribution < 1.29 is 4.39 Å². The number of benzene rings is 1. The summed E-state index contributed by atoms with van der Waals surface area (Å²) in [6, 6.07) is 3.23. The fraction of sp³-hybridized carbons (Fsp3) is 0.333. The van der Waals surface area contributed by atoms with Crippen LogP contribution in [0.4, 0.5) is 4.39 Å². The zero-order valence-electron chi connectivity index (χ0n) is 6.70. The number of aryl methyl sites for hydroxylation is 1. The molecule has 0 saturated carbocycles. The third kappa shape index (κ3) is 2.11. The fourth-order valence-corrected chi connectivity index (χ4v) is 1.57. The Morgan fingerprint density at radius 3 is 2.17 bits per heavy atom. The van der Waals surface area contributed by atoms with Gasteiger partial charge in [0.05, 0.1) is 10.0 Å². The van der Waals surface area contributed by atoms with E-state index in [1.807, 2.05) is 6.92 Å². The molecule has 0 aliphatic heterocycles. The lowest BCUT2D eigenvalue weighted by Gasteiger charge is -2.02. The molecule has 0 saturated heterocycles. The highest BCUT2D eigenvalue weighted by Gasteiger charge is 2.06. The predicted molar refractivity (Wildman–Crippen MR) is 50.4 cm³/mol. The highest BCUT2D eigenvalue weighted by atomic mass is 35.5. The standard InChI is InChI=1S/C9H9Cl2F/c1-2-3-6-4-7(10)9(12)8(11)5-6/h4-5H,2-3H2,1H3. The van der Waals surface area contributed by atoms with Crippen LogP contribution in [-0.2, 0) is 6.42 Å². The van der Waals surface area contributed by atoms with E-state index < -0.39 is 5.82 Å². The minimum Gasteiger partial charge on any atom is -0.204 e. The zero-order valence-corrected chi connectivity index (χ0v) is 8.21. The van der Waals surface area contributed by atoms with Gasteiger partial charge in [-0.05, 0) is 24.1 Å². The van der Waals surface area contributed by atoms with Gasteiger partial charge in [0.2, 0.25) is 0 Å². The predicted octanol–water partition coefficient (Wildman–Crippen LogP) is 4.09. The molecule has 0 aliphatic carbocycles. The van der Waals surface area contributed by atoms with Crippen LogP contribution < -0.4 is 0 Å². The summed E-state index contributed by atoms with van der Waals surface area (Å²) in [5.74, 6) is -0.529. The molecular weight excluding hydrogens is 198 g/mol. The van der Waals surface area contributed by atoms with E-state index >= 15 is 0 Å². The minimum absolute atomic E-state index is 0.103. The van der Waals surface area contributed by atoms with Crippen LogP contribution in [0.5, 0.6) is 0 Å². The molecule has 0 unspecified atom stereocenters. The summed E-state index contributed by atoms with van der Waals surface area (Å²) in [7, 11) is 0. The van der Waals surface area contributed by atoms with Gasteiger partial charge in [-0.2, -0.15) is 0 Å². The van der Waals surface area contributed by atoms with E-state index in [0.717, 1.165) is 18.4 Å². The van der Waals surface area contributed by atoms with E-state index in [0.29, 0.717) is 0 Å². The van der Waals surface area contributed by atoms with Crippen molar-refractivity contribution in [1.82, 2.24) is 0 Å². The maximum Gasteiger partial charge on any atom is 0.160 e. The molecule has 1 aromatic carbocycles. The second kappa shape index (κ2) is 4.11. The van der Waals surface area contributed by atoms with Crippen molar-refractivity contribution in [3.63, 3.8) is 0 Å². The first-order chi connectivity index (χ1) is 5.65. The maximum atomic E-state index is 12.9. The molecule has 0 fully saturated rings. The smallest absolute Gasteiger partial charge is 0.160 e. The summed E-state index contributed by atoms with van der Waals surface area (Å²) in [6.07, 6.45) is 1.87. The average Bonchev–Trinajstić information content (AvgIpc) is 2.01. The van der Waals surface area contributed by atoms with Gasteiger partial charge >= 0.3 is 0 Å². The largest absolute Gasteiger partial charge is 0.204 e. The number of hydrogen-bond acceptors (Lipinski definition) is 0. The van der Waals surface area contributed by atoms with Crippen LogP contribution in [0, 0.1) is 5.82 Å². The molecule has 0 heterocycles. The van der Waals surface area contributed by atoms with E-state index in [4.69, 9.17) is 23.2 Å². The third-order valence-corrected chi connectivity index (χ3v) is 2.13. The first-order valence-electron chi connectivity index (χ1n) is 3.78. The van der Waals surface area contributed by atoms with Gasteiger partial charge in [-0.25, -0.2) is 4.39 Å². The van der Waals surface area contributed by atoms with Gasteiger partial charge in [-0.3, -0.25) is 0 Å². The van der Waals surface area contributed by atoms with Gasteiger partial charge in [-0.15, -0.1) is 0 Å². The Bertz CT molecular complexity index is 261. The van der Waals surface area contributed by atoms with Crippen LogP contribution in [0.2, 0.25) is 10.0 Å². The first-order valence-corrected chi connectivity index (χ1v) is 4.54. The molecule has 0 atom stereocenters. The molecular formula is C9H9Cl2F. The highest BCUT2D eigenvalue weighted by molar-refractivity contribution is 6.34. The van der Waals surface area contributed by atoms with Gasteiger partial charge in [0, 0.05) is 0 Å². The topological polar surface area (TPSA) is 0 Å². The molecule has 0 radical (unpaired) electrons. The number of hydrogen-bond donors (Lipinski definition) is 0. The summed E-state index contributed by atoms with van der Waals surface area (Å²) in [5, 5.41) is 0.205. The highest BCUT2D eigenvalue weighted by Crippen LogP contribution is 2.25. The lowest BCUT2D eigenvalue weighted by atomic mass is 10.1. The summed E-state index contributed by atoms with van der Waals surface area (Å²) in [5.41, 5.74) is 0.980.